The zero-order valence-electron chi connectivity index (χ0n) is 7.16. The number of carbonyl (C=O) groups excluding carboxylic acids is 1. The molecule has 1 amide bonds. The average molecular weight is 162 g/mol. The van der Waals surface area contributed by atoms with Crippen LogP contribution in [-0.4, -0.2) is 22.8 Å². The van der Waals surface area contributed by atoms with Gasteiger partial charge in [-0.15, -0.1) is 0 Å². The van der Waals surface area contributed by atoms with Crippen LogP contribution in [0.2, 0.25) is 0 Å². The van der Waals surface area contributed by atoms with E-state index in [-0.39, 0.29) is 5.91 Å². The Balaban J connectivity index is 2.56. The largest absolute Gasteiger partial charge is 0.336 e. The van der Waals surface area contributed by atoms with Gasteiger partial charge in [-0.05, 0) is 18.6 Å². The molecule has 3 heteroatoms. The lowest BCUT2D eigenvalue weighted by Crippen LogP contribution is -2.17. The molecule has 12 heavy (non-hydrogen) atoms. The maximum Gasteiger partial charge on any atom is 0.255 e. The summed E-state index contributed by atoms with van der Waals surface area (Å²) in [6.07, 6.45) is 1.80. The maximum atomic E-state index is 11.4. The Hall–Kier alpha value is -1.38. The van der Waals surface area contributed by atoms with Crippen LogP contribution < -0.4 is 0 Å². The van der Waals surface area contributed by atoms with Crippen molar-refractivity contribution >= 4 is 5.91 Å². The summed E-state index contributed by atoms with van der Waals surface area (Å²) in [5, 5.41) is 0. The Morgan fingerprint density at radius 1 is 1.58 bits per heavy atom. The first-order valence-corrected chi connectivity index (χ1v) is 3.89. The molecule has 0 saturated carbocycles. The van der Waals surface area contributed by atoms with Crippen LogP contribution in [0.15, 0.2) is 12.3 Å². The van der Waals surface area contributed by atoms with Crippen LogP contribution in [0, 0.1) is 6.92 Å². The quantitative estimate of drug-likeness (QED) is 0.569. The number of hydrogen-bond donors (Lipinski definition) is 0. The smallest absolute Gasteiger partial charge is 0.255 e. The number of fused-ring (bicyclic) bond motifs is 1. The molecule has 3 nitrogen and oxygen atoms in total. The van der Waals surface area contributed by atoms with Crippen LogP contribution in [0.5, 0.6) is 0 Å². The Bertz CT molecular complexity index is 346. The van der Waals surface area contributed by atoms with E-state index in [9.17, 15) is 4.79 Å². The van der Waals surface area contributed by atoms with Crippen molar-refractivity contribution in [1.29, 1.82) is 0 Å². The van der Waals surface area contributed by atoms with Gasteiger partial charge in [0.05, 0.1) is 17.8 Å². The van der Waals surface area contributed by atoms with E-state index >= 15 is 0 Å². The summed E-state index contributed by atoms with van der Waals surface area (Å²) >= 11 is 0. The van der Waals surface area contributed by atoms with Gasteiger partial charge in [-0.3, -0.25) is 9.78 Å². The minimum Gasteiger partial charge on any atom is -0.336 e. The summed E-state index contributed by atoms with van der Waals surface area (Å²) in [4.78, 5) is 17.3. The highest BCUT2D eigenvalue weighted by molar-refractivity contribution is 5.97. The number of pyridine rings is 1. The first kappa shape index (κ1) is 7.28. The van der Waals surface area contributed by atoms with Crippen LogP contribution in [0.3, 0.4) is 0 Å². The average Bonchev–Trinajstić information content (AvgIpc) is 2.31. The first-order chi connectivity index (χ1) is 5.68. The molecule has 2 heterocycles. The molecule has 1 aromatic heterocycles. The van der Waals surface area contributed by atoms with Gasteiger partial charge in [0.15, 0.2) is 0 Å². The number of amides is 1. The first-order valence-electron chi connectivity index (χ1n) is 3.89. The van der Waals surface area contributed by atoms with Crippen molar-refractivity contribution in [3.63, 3.8) is 0 Å². The van der Waals surface area contributed by atoms with Crippen molar-refractivity contribution in [1.82, 2.24) is 9.88 Å². The van der Waals surface area contributed by atoms with Crippen molar-refractivity contribution in [3.05, 3.63) is 29.1 Å². The fraction of sp³-hybridized carbons (Fsp3) is 0.333. The van der Waals surface area contributed by atoms with Crippen molar-refractivity contribution in [2.75, 3.05) is 7.05 Å². The third kappa shape index (κ3) is 0.897. The predicted octanol–water partition coefficient (Wildman–Crippen LogP) is 0.976. The number of carbonyl (C=O) groups is 1. The molecular weight excluding hydrogens is 152 g/mol. The second kappa shape index (κ2) is 2.30. The monoisotopic (exact) mass is 162 g/mol. The van der Waals surface area contributed by atoms with Gasteiger partial charge in [0.25, 0.3) is 5.91 Å². The second-order valence-corrected chi connectivity index (χ2v) is 3.17. The van der Waals surface area contributed by atoms with Crippen molar-refractivity contribution in [3.8, 4) is 0 Å². The van der Waals surface area contributed by atoms with Gasteiger partial charge in [0.1, 0.15) is 0 Å². The molecule has 0 aromatic carbocycles. The number of rotatable bonds is 0. The van der Waals surface area contributed by atoms with E-state index in [0.29, 0.717) is 6.54 Å². The van der Waals surface area contributed by atoms with Crippen LogP contribution in [0.4, 0.5) is 0 Å². The minimum absolute atomic E-state index is 0.0844. The fourth-order valence-electron chi connectivity index (χ4n) is 1.41. The van der Waals surface area contributed by atoms with Gasteiger partial charge in [-0.2, -0.15) is 0 Å². The molecule has 2 rings (SSSR count). The molecule has 0 fully saturated rings. The Morgan fingerprint density at radius 3 is 3.08 bits per heavy atom. The van der Waals surface area contributed by atoms with E-state index in [2.05, 4.69) is 4.98 Å². The summed E-state index contributed by atoms with van der Waals surface area (Å²) in [6.45, 7) is 2.59. The highest BCUT2D eigenvalue weighted by Crippen LogP contribution is 2.19. The van der Waals surface area contributed by atoms with Gasteiger partial charge in [-0.1, -0.05) is 0 Å². The van der Waals surface area contributed by atoms with Crippen LogP contribution in [0.1, 0.15) is 21.6 Å². The lowest BCUT2D eigenvalue weighted by atomic mass is 10.2. The van der Waals surface area contributed by atoms with Crippen LogP contribution in [-0.2, 0) is 6.54 Å². The SMILES string of the molecule is Cc1cnc2c(c1)C(=O)N(C)C2. The minimum atomic E-state index is 0.0844. The third-order valence-corrected chi connectivity index (χ3v) is 2.07. The molecule has 0 aliphatic carbocycles. The molecule has 0 unspecified atom stereocenters. The summed E-state index contributed by atoms with van der Waals surface area (Å²) in [5.74, 6) is 0.0844. The maximum absolute atomic E-state index is 11.4. The van der Waals surface area contributed by atoms with Gasteiger partial charge < -0.3 is 4.90 Å². The van der Waals surface area contributed by atoms with E-state index in [1.807, 2.05) is 13.0 Å². The Kier molecular flexibility index (Phi) is 1.40. The molecule has 62 valence electrons. The van der Waals surface area contributed by atoms with E-state index in [4.69, 9.17) is 0 Å². The molecule has 0 atom stereocenters. The summed E-state index contributed by atoms with van der Waals surface area (Å²) < 4.78 is 0. The van der Waals surface area contributed by atoms with Gasteiger partial charge in [0.2, 0.25) is 0 Å². The number of aromatic nitrogens is 1. The Labute approximate surface area is 71.0 Å². The van der Waals surface area contributed by atoms with E-state index < -0.39 is 0 Å². The highest BCUT2D eigenvalue weighted by Gasteiger charge is 2.24. The highest BCUT2D eigenvalue weighted by atomic mass is 16.2. The van der Waals surface area contributed by atoms with E-state index in [0.717, 1.165) is 16.8 Å². The summed E-state index contributed by atoms with van der Waals surface area (Å²) in [7, 11) is 1.79. The van der Waals surface area contributed by atoms with Crippen molar-refractivity contribution in [2.45, 2.75) is 13.5 Å². The van der Waals surface area contributed by atoms with Gasteiger partial charge >= 0.3 is 0 Å². The molecule has 0 bridgehead atoms. The predicted molar refractivity (Wildman–Crippen MR) is 44.8 cm³/mol. The standard InChI is InChI=1S/C9H10N2O/c1-6-3-7-8(10-4-6)5-11(2)9(7)12/h3-4H,5H2,1-2H3. The molecule has 0 spiro atoms. The second-order valence-electron chi connectivity index (χ2n) is 3.17. The van der Waals surface area contributed by atoms with Crippen molar-refractivity contribution < 1.29 is 4.79 Å². The molecule has 0 N–H and O–H groups in total. The van der Waals surface area contributed by atoms with Gasteiger partial charge in [-0.25, -0.2) is 0 Å². The van der Waals surface area contributed by atoms with Crippen LogP contribution in [0.25, 0.3) is 0 Å². The normalized spacial score (nSPS) is 15.2. The lowest BCUT2D eigenvalue weighted by molar-refractivity contribution is 0.0816. The molecular formula is C9H10N2O. The fourth-order valence-corrected chi connectivity index (χ4v) is 1.41. The van der Waals surface area contributed by atoms with Crippen molar-refractivity contribution in [2.24, 2.45) is 0 Å². The molecule has 0 saturated heterocycles. The topological polar surface area (TPSA) is 33.2 Å². The lowest BCUT2D eigenvalue weighted by Gasteiger charge is -2.03. The Morgan fingerprint density at radius 2 is 2.33 bits per heavy atom. The van der Waals surface area contributed by atoms with E-state index in [1.54, 1.807) is 18.1 Å². The number of nitrogens with zero attached hydrogens (tertiary/aromatic N) is 2. The molecule has 1 aliphatic heterocycles. The molecule has 0 radical (unpaired) electrons. The molecule has 1 aromatic rings. The number of hydrogen-bond acceptors (Lipinski definition) is 2. The zero-order valence-corrected chi connectivity index (χ0v) is 7.16. The van der Waals surface area contributed by atoms with Crippen LogP contribution >= 0.6 is 0 Å². The summed E-state index contributed by atoms with van der Waals surface area (Å²) in [5.41, 5.74) is 2.70. The molecule has 1 aliphatic rings. The third-order valence-electron chi connectivity index (χ3n) is 2.07. The zero-order chi connectivity index (χ0) is 8.72. The number of aryl methyl sites for hydroxylation is 1. The van der Waals surface area contributed by atoms with Gasteiger partial charge in [0, 0.05) is 13.2 Å². The summed E-state index contributed by atoms with van der Waals surface area (Å²) in [6, 6.07) is 1.90. The van der Waals surface area contributed by atoms with E-state index in [1.165, 1.54) is 0 Å².